The summed E-state index contributed by atoms with van der Waals surface area (Å²) in [5, 5.41) is 0.327. The van der Waals surface area contributed by atoms with Crippen molar-refractivity contribution in [1.82, 2.24) is 0 Å². The van der Waals surface area contributed by atoms with Crippen LogP contribution in [0.25, 0.3) is 0 Å². The first-order chi connectivity index (χ1) is 8.97. The molecule has 0 bridgehead atoms. The number of benzene rings is 2. The van der Waals surface area contributed by atoms with E-state index in [1.165, 1.54) is 6.07 Å². The Kier molecular flexibility index (Phi) is 4.38. The van der Waals surface area contributed by atoms with E-state index in [0.717, 1.165) is 10.0 Å². The summed E-state index contributed by atoms with van der Waals surface area (Å²) in [5.74, 6) is -0.554. The minimum absolute atomic E-state index is 0.0332. The predicted molar refractivity (Wildman–Crippen MR) is 78.3 cm³/mol. The van der Waals surface area contributed by atoms with E-state index < -0.39 is 5.82 Å². The molecule has 0 radical (unpaired) electrons. The van der Waals surface area contributed by atoms with Crippen LogP contribution in [0.15, 0.2) is 40.9 Å². The zero-order valence-electron chi connectivity index (χ0n) is 10.2. The fourth-order valence-corrected chi connectivity index (χ4v) is 2.51. The fourth-order valence-electron chi connectivity index (χ4n) is 1.87. The Balaban J connectivity index is 2.25. The lowest BCUT2D eigenvalue weighted by Crippen LogP contribution is -2.07. The Morgan fingerprint density at radius 1 is 1.26 bits per heavy atom. The Labute approximate surface area is 124 Å². The van der Waals surface area contributed by atoms with Crippen LogP contribution in [0.3, 0.4) is 0 Å². The van der Waals surface area contributed by atoms with Gasteiger partial charge in [-0.1, -0.05) is 39.7 Å². The van der Waals surface area contributed by atoms with Gasteiger partial charge in [0, 0.05) is 21.5 Å². The second kappa shape index (κ2) is 5.85. The average Bonchev–Trinajstić information content (AvgIpc) is 2.32. The molecule has 2 aromatic carbocycles. The highest BCUT2D eigenvalue weighted by Gasteiger charge is 2.13. The molecular formula is C15H11BrClFO. The Hall–Kier alpha value is -1.19. The van der Waals surface area contributed by atoms with Gasteiger partial charge < -0.3 is 0 Å². The van der Waals surface area contributed by atoms with Gasteiger partial charge in [-0.3, -0.25) is 4.79 Å². The Morgan fingerprint density at radius 2 is 2.00 bits per heavy atom. The van der Waals surface area contributed by atoms with Crippen molar-refractivity contribution in [3.63, 3.8) is 0 Å². The largest absolute Gasteiger partial charge is 0.294 e. The number of carbonyl (C=O) groups is 1. The number of hydrogen-bond donors (Lipinski definition) is 0. The fraction of sp³-hybridized carbons (Fsp3) is 0.133. The van der Waals surface area contributed by atoms with Crippen LogP contribution < -0.4 is 0 Å². The number of rotatable bonds is 3. The molecule has 0 aromatic heterocycles. The molecule has 0 saturated carbocycles. The third-order valence-corrected chi connectivity index (χ3v) is 3.58. The number of ketones is 1. The summed E-state index contributed by atoms with van der Waals surface area (Å²) in [7, 11) is 0. The van der Waals surface area contributed by atoms with E-state index in [1.54, 1.807) is 24.3 Å². The van der Waals surface area contributed by atoms with Crippen LogP contribution in [0.4, 0.5) is 4.39 Å². The Bertz CT molecular complexity index is 640. The van der Waals surface area contributed by atoms with Gasteiger partial charge in [0.2, 0.25) is 0 Å². The summed E-state index contributed by atoms with van der Waals surface area (Å²) in [6.45, 7) is 1.86. The van der Waals surface area contributed by atoms with Crippen LogP contribution in [0.1, 0.15) is 21.5 Å². The van der Waals surface area contributed by atoms with Crippen molar-refractivity contribution >= 4 is 33.3 Å². The van der Waals surface area contributed by atoms with E-state index in [0.29, 0.717) is 16.1 Å². The van der Waals surface area contributed by atoms with Gasteiger partial charge in [-0.15, -0.1) is 0 Å². The summed E-state index contributed by atoms with van der Waals surface area (Å²) in [6, 6.07) is 9.77. The number of hydrogen-bond acceptors (Lipinski definition) is 1. The van der Waals surface area contributed by atoms with Crippen molar-refractivity contribution in [3.05, 3.63) is 68.4 Å². The second-order valence-electron chi connectivity index (χ2n) is 4.29. The molecule has 0 fully saturated rings. The molecule has 0 N–H and O–H groups in total. The molecule has 4 heteroatoms. The minimum atomic E-state index is -0.449. The standard InChI is InChI=1S/C15H11BrClFO/c1-9-6-11(16)3-5-13(9)15(19)7-10-2-4-12(17)8-14(10)18/h2-6,8H,7H2,1H3. The van der Waals surface area contributed by atoms with Crippen LogP contribution in [0.5, 0.6) is 0 Å². The lowest BCUT2D eigenvalue weighted by Gasteiger charge is -2.07. The van der Waals surface area contributed by atoms with E-state index in [-0.39, 0.29) is 12.2 Å². The molecule has 0 amide bonds. The molecule has 98 valence electrons. The van der Waals surface area contributed by atoms with Gasteiger partial charge in [-0.25, -0.2) is 4.39 Å². The van der Waals surface area contributed by atoms with Crippen LogP contribution in [0, 0.1) is 12.7 Å². The first-order valence-electron chi connectivity index (χ1n) is 5.70. The van der Waals surface area contributed by atoms with Crippen LogP contribution in [-0.2, 0) is 6.42 Å². The molecule has 19 heavy (non-hydrogen) atoms. The lowest BCUT2D eigenvalue weighted by atomic mass is 9.99. The summed E-state index contributed by atoms with van der Waals surface area (Å²) in [6.07, 6.45) is 0.0332. The maximum absolute atomic E-state index is 13.6. The van der Waals surface area contributed by atoms with Crippen molar-refractivity contribution in [2.24, 2.45) is 0 Å². The summed E-state index contributed by atoms with van der Waals surface area (Å²) in [5.41, 5.74) is 1.84. The molecular weight excluding hydrogens is 331 g/mol. The van der Waals surface area contributed by atoms with Crippen molar-refractivity contribution < 1.29 is 9.18 Å². The first-order valence-corrected chi connectivity index (χ1v) is 6.88. The van der Waals surface area contributed by atoms with Crippen molar-refractivity contribution in [2.75, 3.05) is 0 Å². The highest BCUT2D eigenvalue weighted by atomic mass is 79.9. The summed E-state index contributed by atoms with van der Waals surface area (Å²) < 4.78 is 14.6. The van der Waals surface area contributed by atoms with E-state index in [9.17, 15) is 9.18 Å². The maximum atomic E-state index is 13.6. The molecule has 0 saturated heterocycles. The summed E-state index contributed by atoms with van der Waals surface area (Å²) in [4.78, 5) is 12.2. The molecule has 2 rings (SSSR count). The zero-order chi connectivity index (χ0) is 14.0. The number of aryl methyl sites for hydroxylation is 1. The third kappa shape index (κ3) is 3.43. The van der Waals surface area contributed by atoms with Crippen LogP contribution >= 0.6 is 27.5 Å². The smallest absolute Gasteiger partial charge is 0.167 e. The first kappa shape index (κ1) is 14.2. The molecule has 1 nitrogen and oxygen atoms in total. The number of halogens is 3. The average molecular weight is 342 g/mol. The van der Waals surface area contributed by atoms with E-state index in [1.807, 2.05) is 13.0 Å². The predicted octanol–water partition coefficient (Wildman–Crippen LogP) is 4.98. The molecule has 0 aliphatic carbocycles. The van der Waals surface area contributed by atoms with Gasteiger partial charge in [0.25, 0.3) is 0 Å². The van der Waals surface area contributed by atoms with Gasteiger partial charge in [0.1, 0.15) is 5.82 Å². The van der Waals surface area contributed by atoms with Crippen molar-refractivity contribution in [1.29, 1.82) is 0 Å². The van der Waals surface area contributed by atoms with Gasteiger partial charge in [-0.2, -0.15) is 0 Å². The maximum Gasteiger partial charge on any atom is 0.167 e. The zero-order valence-corrected chi connectivity index (χ0v) is 12.6. The van der Waals surface area contributed by atoms with E-state index >= 15 is 0 Å². The van der Waals surface area contributed by atoms with Crippen molar-refractivity contribution in [2.45, 2.75) is 13.3 Å². The lowest BCUT2D eigenvalue weighted by molar-refractivity contribution is 0.0991. The normalized spacial score (nSPS) is 10.5. The topological polar surface area (TPSA) is 17.1 Å². The molecule has 0 atom stereocenters. The summed E-state index contributed by atoms with van der Waals surface area (Å²) >= 11 is 9.03. The van der Waals surface area contributed by atoms with Crippen molar-refractivity contribution in [3.8, 4) is 0 Å². The molecule has 0 spiro atoms. The van der Waals surface area contributed by atoms with Gasteiger partial charge in [-0.05, 0) is 42.3 Å². The van der Waals surface area contributed by atoms with Gasteiger partial charge in [0.05, 0.1) is 0 Å². The molecule has 0 aliphatic rings. The molecule has 2 aromatic rings. The monoisotopic (exact) mass is 340 g/mol. The number of Topliss-reactive ketones (excluding diaryl/α,β-unsaturated/α-hetero) is 1. The van der Waals surface area contributed by atoms with Crippen LogP contribution in [-0.4, -0.2) is 5.78 Å². The second-order valence-corrected chi connectivity index (χ2v) is 5.65. The molecule has 0 aliphatic heterocycles. The minimum Gasteiger partial charge on any atom is -0.294 e. The van der Waals surface area contributed by atoms with Gasteiger partial charge in [0.15, 0.2) is 5.78 Å². The van der Waals surface area contributed by atoms with Gasteiger partial charge >= 0.3 is 0 Å². The Morgan fingerprint density at radius 3 is 2.63 bits per heavy atom. The van der Waals surface area contributed by atoms with E-state index in [4.69, 9.17) is 11.6 Å². The quantitative estimate of drug-likeness (QED) is 0.720. The SMILES string of the molecule is Cc1cc(Br)ccc1C(=O)Cc1ccc(Cl)cc1F. The van der Waals surface area contributed by atoms with E-state index in [2.05, 4.69) is 15.9 Å². The highest BCUT2D eigenvalue weighted by Crippen LogP contribution is 2.20. The highest BCUT2D eigenvalue weighted by molar-refractivity contribution is 9.10. The molecule has 0 heterocycles. The third-order valence-electron chi connectivity index (χ3n) is 2.85. The van der Waals surface area contributed by atoms with Crippen LogP contribution in [0.2, 0.25) is 5.02 Å². The number of carbonyl (C=O) groups excluding carboxylic acids is 1. The molecule has 0 unspecified atom stereocenters.